The fourth-order valence-corrected chi connectivity index (χ4v) is 1.86. The first-order valence-corrected chi connectivity index (χ1v) is 5.60. The molecule has 0 saturated carbocycles. The first-order chi connectivity index (χ1) is 8.04. The summed E-state index contributed by atoms with van der Waals surface area (Å²) in [6.07, 6.45) is 1.27. The summed E-state index contributed by atoms with van der Waals surface area (Å²) in [6, 6.07) is 1.75. The molecule has 0 bridgehead atoms. The Labute approximate surface area is 100 Å². The highest BCUT2D eigenvalue weighted by Crippen LogP contribution is 2.37. The predicted octanol–water partition coefficient (Wildman–Crippen LogP) is 2.75. The van der Waals surface area contributed by atoms with E-state index in [-0.39, 0.29) is 11.6 Å². The highest BCUT2D eigenvalue weighted by Gasteiger charge is 2.16. The van der Waals surface area contributed by atoms with Crippen molar-refractivity contribution in [3.8, 4) is 0 Å². The van der Waals surface area contributed by atoms with E-state index >= 15 is 0 Å². The molecule has 1 aromatic rings. The van der Waals surface area contributed by atoms with Crippen molar-refractivity contribution in [2.45, 2.75) is 33.6 Å². The van der Waals surface area contributed by atoms with Crippen LogP contribution in [0.4, 0.5) is 17.1 Å². The molecule has 17 heavy (non-hydrogen) atoms. The molecule has 5 nitrogen and oxygen atoms in total. The topological polar surface area (TPSA) is 84.5 Å². The molecule has 92 valence electrons. The van der Waals surface area contributed by atoms with Gasteiger partial charge in [0.2, 0.25) is 5.91 Å². The molecule has 0 heterocycles. The molecule has 1 amide bonds. The zero-order valence-electron chi connectivity index (χ0n) is 10.3. The number of nitrogens with one attached hydrogen (secondary N) is 1. The maximum atomic E-state index is 11.2. The summed E-state index contributed by atoms with van der Waals surface area (Å²) >= 11 is 0. The lowest BCUT2D eigenvalue weighted by atomic mass is 10.00. The Hall–Kier alpha value is -1.91. The molecule has 1 aromatic carbocycles. The number of anilines is 2. The van der Waals surface area contributed by atoms with Gasteiger partial charge in [0.15, 0.2) is 0 Å². The SMILES string of the molecule is CCc1cc(N)c(CC)c(NC(C)=O)c1N=O. The van der Waals surface area contributed by atoms with Crippen LogP contribution >= 0.6 is 0 Å². The molecular formula is C12H17N3O2. The number of nitroso groups, excluding NO2 is 1. The van der Waals surface area contributed by atoms with Crippen LogP contribution < -0.4 is 11.1 Å². The van der Waals surface area contributed by atoms with E-state index in [9.17, 15) is 9.70 Å². The summed E-state index contributed by atoms with van der Waals surface area (Å²) in [5.41, 5.74) is 8.74. The number of hydrogen-bond donors (Lipinski definition) is 2. The van der Waals surface area contributed by atoms with Crippen LogP contribution in [-0.4, -0.2) is 5.91 Å². The molecule has 0 aromatic heterocycles. The standard InChI is InChI=1S/C12H17N3O2/c1-4-8-6-10(13)9(5-2)12(11(8)15-17)14-7(3)16/h6H,4-5,13H2,1-3H3,(H,14,16). The van der Waals surface area contributed by atoms with Gasteiger partial charge in [-0.25, -0.2) is 0 Å². The largest absolute Gasteiger partial charge is 0.398 e. The summed E-state index contributed by atoms with van der Waals surface area (Å²) in [5.74, 6) is -0.239. The normalized spacial score (nSPS) is 10.1. The molecule has 0 atom stereocenters. The monoisotopic (exact) mass is 235 g/mol. The number of carbonyl (C=O) groups excluding carboxylic acids is 1. The number of carbonyl (C=O) groups is 1. The smallest absolute Gasteiger partial charge is 0.221 e. The Bertz CT molecular complexity index is 456. The second-order valence-electron chi connectivity index (χ2n) is 3.81. The maximum absolute atomic E-state index is 11.2. The van der Waals surface area contributed by atoms with Crippen LogP contribution in [0.25, 0.3) is 0 Å². The van der Waals surface area contributed by atoms with Gasteiger partial charge < -0.3 is 11.1 Å². The van der Waals surface area contributed by atoms with Gasteiger partial charge in [-0.1, -0.05) is 13.8 Å². The quantitative estimate of drug-likeness (QED) is 0.621. The van der Waals surface area contributed by atoms with Crippen molar-refractivity contribution < 1.29 is 4.79 Å². The maximum Gasteiger partial charge on any atom is 0.221 e. The number of hydrogen-bond acceptors (Lipinski definition) is 4. The first kappa shape index (κ1) is 13.2. The van der Waals surface area contributed by atoms with Crippen molar-refractivity contribution in [1.29, 1.82) is 0 Å². The lowest BCUT2D eigenvalue weighted by Gasteiger charge is -2.15. The lowest BCUT2D eigenvalue weighted by Crippen LogP contribution is -2.10. The Morgan fingerprint density at radius 1 is 1.41 bits per heavy atom. The zero-order chi connectivity index (χ0) is 13.0. The number of nitrogen functional groups attached to an aromatic ring is 1. The average Bonchev–Trinajstić information content (AvgIpc) is 2.28. The van der Waals surface area contributed by atoms with Crippen molar-refractivity contribution in [3.63, 3.8) is 0 Å². The van der Waals surface area contributed by atoms with Crippen molar-refractivity contribution >= 4 is 23.0 Å². The van der Waals surface area contributed by atoms with Gasteiger partial charge in [0.25, 0.3) is 0 Å². The highest BCUT2D eigenvalue weighted by molar-refractivity contribution is 5.95. The molecule has 5 heteroatoms. The van der Waals surface area contributed by atoms with Gasteiger partial charge in [0, 0.05) is 18.2 Å². The molecule has 1 rings (SSSR count). The van der Waals surface area contributed by atoms with Crippen LogP contribution in [0, 0.1) is 4.91 Å². The molecule has 0 unspecified atom stereocenters. The lowest BCUT2D eigenvalue weighted by molar-refractivity contribution is -0.114. The van der Waals surface area contributed by atoms with Crippen molar-refractivity contribution in [3.05, 3.63) is 22.1 Å². The second kappa shape index (κ2) is 5.43. The Morgan fingerprint density at radius 2 is 2.06 bits per heavy atom. The van der Waals surface area contributed by atoms with Gasteiger partial charge in [-0.05, 0) is 29.6 Å². The van der Waals surface area contributed by atoms with E-state index in [0.29, 0.717) is 24.2 Å². The number of rotatable bonds is 4. The Kier molecular flexibility index (Phi) is 4.20. The first-order valence-electron chi connectivity index (χ1n) is 5.60. The van der Waals surface area contributed by atoms with Crippen LogP contribution in [0.2, 0.25) is 0 Å². The molecule has 0 spiro atoms. The van der Waals surface area contributed by atoms with Gasteiger partial charge in [0.05, 0.1) is 5.69 Å². The van der Waals surface area contributed by atoms with Crippen LogP contribution in [0.15, 0.2) is 11.2 Å². The Morgan fingerprint density at radius 3 is 2.47 bits per heavy atom. The highest BCUT2D eigenvalue weighted by atomic mass is 16.3. The minimum atomic E-state index is -0.239. The number of nitrogens with zero attached hydrogens (tertiary/aromatic N) is 1. The fraction of sp³-hybridized carbons (Fsp3) is 0.417. The number of aryl methyl sites for hydroxylation is 1. The van der Waals surface area contributed by atoms with Gasteiger partial charge >= 0.3 is 0 Å². The van der Waals surface area contributed by atoms with Gasteiger partial charge in [-0.2, -0.15) is 0 Å². The molecule has 0 fully saturated rings. The summed E-state index contributed by atoms with van der Waals surface area (Å²) in [6.45, 7) is 5.21. The molecule has 0 aliphatic rings. The molecule has 0 radical (unpaired) electrons. The summed E-state index contributed by atoms with van der Waals surface area (Å²) in [5, 5.41) is 5.67. The van der Waals surface area contributed by atoms with Gasteiger partial charge in [-0.15, -0.1) is 4.91 Å². The van der Waals surface area contributed by atoms with E-state index in [0.717, 1.165) is 11.1 Å². The summed E-state index contributed by atoms with van der Waals surface area (Å²) in [7, 11) is 0. The van der Waals surface area contributed by atoms with Gasteiger partial charge in [0.1, 0.15) is 5.69 Å². The van der Waals surface area contributed by atoms with E-state index in [4.69, 9.17) is 5.73 Å². The van der Waals surface area contributed by atoms with E-state index in [1.165, 1.54) is 6.92 Å². The molecule has 0 saturated heterocycles. The molecule has 0 aliphatic carbocycles. The van der Waals surface area contributed by atoms with E-state index in [2.05, 4.69) is 10.5 Å². The summed E-state index contributed by atoms with van der Waals surface area (Å²) in [4.78, 5) is 22.1. The third kappa shape index (κ3) is 2.61. The van der Waals surface area contributed by atoms with E-state index < -0.39 is 0 Å². The predicted molar refractivity (Wildman–Crippen MR) is 69.4 cm³/mol. The molecular weight excluding hydrogens is 218 g/mol. The van der Waals surface area contributed by atoms with Crippen LogP contribution in [0.1, 0.15) is 31.9 Å². The van der Waals surface area contributed by atoms with E-state index in [1.807, 2.05) is 13.8 Å². The number of amides is 1. The van der Waals surface area contributed by atoms with Crippen LogP contribution in [0.3, 0.4) is 0 Å². The molecule has 0 aliphatic heterocycles. The summed E-state index contributed by atoms with van der Waals surface area (Å²) < 4.78 is 0. The number of nitrogens with two attached hydrogens (primary N) is 1. The minimum Gasteiger partial charge on any atom is -0.398 e. The van der Waals surface area contributed by atoms with Crippen molar-refractivity contribution in [2.75, 3.05) is 11.1 Å². The second-order valence-corrected chi connectivity index (χ2v) is 3.81. The van der Waals surface area contributed by atoms with E-state index in [1.54, 1.807) is 6.07 Å². The molecule has 3 N–H and O–H groups in total. The third-order valence-corrected chi connectivity index (χ3v) is 2.65. The number of benzene rings is 1. The van der Waals surface area contributed by atoms with Crippen LogP contribution in [-0.2, 0) is 17.6 Å². The average molecular weight is 235 g/mol. The minimum absolute atomic E-state index is 0.239. The van der Waals surface area contributed by atoms with Crippen molar-refractivity contribution in [2.24, 2.45) is 5.18 Å². The fourth-order valence-electron chi connectivity index (χ4n) is 1.86. The zero-order valence-corrected chi connectivity index (χ0v) is 10.3. The Balaban J connectivity index is 3.51. The van der Waals surface area contributed by atoms with Gasteiger partial charge in [-0.3, -0.25) is 4.79 Å². The third-order valence-electron chi connectivity index (χ3n) is 2.65. The van der Waals surface area contributed by atoms with Crippen molar-refractivity contribution in [1.82, 2.24) is 0 Å². The van der Waals surface area contributed by atoms with Crippen LogP contribution in [0.5, 0.6) is 0 Å².